The Bertz CT molecular complexity index is 1050. The number of carbonyl (C=O) groups excluding carboxylic acids is 2. The molecular weight excluding hydrogens is 862 g/mol. The van der Waals surface area contributed by atoms with Gasteiger partial charge in [0, 0.05) is 59.9 Å². The summed E-state index contributed by atoms with van der Waals surface area (Å²) < 4.78 is 10.8. The molecule has 0 saturated carbocycles. The molecule has 0 aliphatic heterocycles. The molecule has 1 radical (unpaired) electrons. The molecule has 353 valence electrons. The Kier molecular flexibility index (Phi) is 35.3. The molecule has 0 aromatic carbocycles. The van der Waals surface area contributed by atoms with Gasteiger partial charge in [0.05, 0.1) is 13.2 Å². The number of esters is 2. The van der Waals surface area contributed by atoms with Gasteiger partial charge in [-0.3, -0.25) is 9.59 Å². The first-order chi connectivity index (χ1) is 26.6. The molecule has 0 fully saturated rings. The summed E-state index contributed by atoms with van der Waals surface area (Å²) in [5.41, 5.74) is 0.696. The Morgan fingerprint density at radius 1 is 0.542 bits per heavy atom. The number of rotatable bonds is 32. The standard InChI is InChI=1S/C38H77N2O2.C14H27O2.Pm/c1-16-17-26-40(30-38(12,13)37(10,11)29-39(14)15)27-19-18-24-35(6,7)36(8,9)25-22-34(41)42-28-23-33(32(4)5)21-20-31(2)3;1-6-14(15)16-10-9-13(12(4)5)8-7-11(2)3;/h31-33H,1,16-30H2,2-15H3;11-13H,1,6-10H2,2-5H3;/q2*-1;. The molecule has 59 heavy (non-hydrogen) atoms. The van der Waals surface area contributed by atoms with E-state index in [0.29, 0.717) is 43.3 Å². The minimum absolute atomic E-state index is 0. The molecule has 0 spiro atoms. The van der Waals surface area contributed by atoms with Gasteiger partial charge >= 0.3 is 5.97 Å². The second-order valence-corrected chi connectivity index (χ2v) is 22.4. The van der Waals surface area contributed by atoms with E-state index in [1.807, 2.05) is 0 Å². The Labute approximate surface area is 403 Å². The fraction of sp³-hybridized carbons (Fsp3) is 0.923. The molecule has 6 nitrogen and oxygen atoms in total. The maximum atomic E-state index is 12.7. The summed E-state index contributed by atoms with van der Waals surface area (Å²) in [6.45, 7) is 50.6. The first-order valence-electron chi connectivity index (χ1n) is 23.9. The van der Waals surface area contributed by atoms with Gasteiger partial charge in [-0.1, -0.05) is 143 Å². The van der Waals surface area contributed by atoms with Crippen LogP contribution in [-0.4, -0.2) is 75.2 Å². The van der Waals surface area contributed by atoms with Crippen LogP contribution in [0.2, 0.25) is 0 Å². The van der Waals surface area contributed by atoms with Crippen LogP contribution in [0.1, 0.15) is 201 Å². The number of carbonyl (C=O) groups is 2. The van der Waals surface area contributed by atoms with E-state index in [2.05, 4.69) is 149 Å². The minimum Gasteiger partial charge on any atom is -0.468 e. The zero-order valence-electron chi connectivity index (χ0n) is 43.0. The first-order valence-corrected chi connectivity index (χ1v) is 23.9. The van der Waals surface area contributed by atoms with Crippen LogP contribution in [0.3, 0.4) is 0 Å². The maximum absolute atomic E-state index is 12.7. The summed E-state index contributed by atoms with van der Waals surface area (Å²) in [7, 11) is 4.37. The zero-order chi connectivity index (χ0) is 45.3. The third kappa shape index (κ3) is 30.1. The van der Waals surface area contributed by atoms with Crippen molar-refractivity contribution in [3.63, 3.8) is 0 Å². The van der Waals surface area contributed by atoms with Gasteiger partial charge in [-0.25, -0.2) is 0 Å². The topological polar surface area (TPSA) is 59.1 Å². The summed E-state index contributed by atoms with van der Waals surface area (Å²) in [5, 5.41) is 0. The Morgan fingerprint density at radius 2 is 0.966 bits per heavy atom. The van der Waals surface area contributed by atoms with Crippen molar-refractivity contribution >= 4 is 11.9 Å². The molecule has 0 rings (SSSR count). The van der Waals surface area contributed by atoms with E-state index < -0.39 is 0 Å². The Balaban J connectivity index is -0.00000155. The van der Waals surface area contributed by atoms with E-state index in [9.17, 15) is 9.59 Å². The molecule has 7 heteroatoms. The number of nitrogens with zero attached hydrogens (tertiary/aromatic N) is 2. The molecule has 0 amide bonds. The van der Waals surface area contributed by atoms with E-state index in [0.717, 1.165) is 70.1 Å². The van der Waals surface area contributed by atoms with Gasteiger partial charge in [-0.15, -0.1) is 0 Å². The van der Waals surface area contributed by atoms with Crippen molar-refractivity contribution in [2.75, 3.05) is 53.5 Å². The molecule has 0 aliphatic carbocycles. The zero-order valence-corrected chi connectivity index (χ0v) is 45.9. The number of ether oxygens (including phenoxy) is 2. The van der Waals surface area contributed by atoms with E-state index in [4.69, 9.17) is 9.47 Å². The van der Waals surface area contributed by atoms with Crippen LogP contribution in [0.5, 0.6) is 0 Å². The second-order valence-electron chi connectivity index (χ2n) is 22.4. The third-order valence-corrected chi connectivity index (χ3v) is 14.0. The SMILES string of the molecule is [CH2-]CC(=O)OCCC(CCC(C)C)C(C)C.[CH2-]CCCN(CCCCC(C)(C)C(C)(C)CCC(=O)OCCC(CCC(C)C)C(C)C)CC(C)(C)C(C)(C)CN(C)C.[Pm]. The van der Waals surface area contributed by atoms with Gasteiger partial charge in [-0.2, -0.15) is 6.42 Å². The maximum Gasteiger partial charge on any atom is 0.305 e. The van der Waals surface area contributed by atoms with Crippen LogP contribution < -0.4 is 0 Å². The molecule has 0 aromatic heterocycles. The van der Waals surface area contributed by atoms with Gasteiger partial charge in [-0.05, 0) is 129 Å². The fourth-order valence-corrected chi connectivity index (χ4v) is 7.89. The molecule has 0 N–H and O–H groups in total. The van der Waals surface area contributed by atoms with Gasteiger partial charge in [0.25, 0.3) is 5.97 Å². The predicted molar refractivity (Wildman–Crippen MR) is 254 cm³/mol. The average molecular weight is 966 g/mol. The van der Waals surface area contributed by atoms with Crippen molar-refractivity contribution in [3.05, 3.63) is 13.8 Å². The van der Waals surface area contributed by atoms with E-state index in [1.54, 1.807) is 0 Å². The third-order valence-electron chi connectivity index (χ3n) is 14.0. The van der Waals surface area contributed by atoms with Crippen LogP contribution >= 0.6 is 0 Å². The monoisotopic (exact) mass is 966 g/mol. The predicted octanol–water partition coefficient (Wildman–Crippen LogP) is 14.0. The van der Waals surface area contributed by atoms with Crippen molar-refractivity contribution in [3.8, 4) is 0 Å². The van der Waals surface area contributed by atoms with Gasteiger partial charge in [0.15, 0.2) is 0 Å². The summed E-state index contributed by atoms with van der Waals surface area (Å²) in [6.07, 6.45) is 14.4. The summed E-state index contributed by atoms with van der Waals surface area (Å²) >= 11 is 0. The molecule has 0 aromatic rings. The quantitative estimate of drug-likeness (QED) is 0.0380. The smallest absolute Gasteiger partial charge is 0.305 e. The number of unbranched alkanes of at least 4 members (excludes halogenated alkanes) is 2. The number of hydrogen-bond acceptors (Lipinski definition) is 6. The first kappa shape index (κ1) is 63.5. The molecule has 0 aliphatic rings. The van der Waals surface area contributed by atoms with E-state index in [1.165, 1.54) is 44.9 Å². The van der Waals surface area contributed by atoms with Crippen molar-refractivity contribution < 1.29 is 59.5 Å². The summed E-state index contributed by atoms with van der Waals surface area (Å²) in [4.78, 5) is 28.6. The molecule has 2 unspecified atom stereocenters. The molecule has 0 heterocycles. The summed E-state index contributed by atoms with van der Waals surface area (Å²) in [6, 6.07) is 0. The van der Waals surface area contributed by atoms with Crippen molar-refractivity contribution in [2.24, 2.45) is 57.2 Å². The van der Waals surface area contributed by atoms with Crippen LogP contribution in [-0.2, 0) is 19.1 Å². The van der Waals surface area contributed by atoms with Crippen LogP contribution in [0.4, 0.5) is 0 Å². The van der Waals surface area contributed by atoms with Gasteiger partial charge in [0.2, 0.25) is 0 Å². The fourth-order valence-electron chi connectivity index (χ4n) is 7.89. The largest absolute Gasteiger partial charge is 0.468 e. The molecule has 0 saturated heterocycles. The molecular formula is C52H104N2O4Pm-2. The molecule has 0 bridgehead atoms. The summed E-state index contributed by atoms with van der Waals surface area (Å²) in [5.74, 6) is 3.88. The number of hydrogen-bond donors (Lipinski definition) is 0. The van der Waals surface area contributed by atoms with Crippen LogP contribution in [0.25, 0.3) is 0 Å². The van der Waals surface area contributed by atoms with Crippen molar-refractivity contribution in [1.82, 2.24) is 9.80 Å². The van der Waals surface area contributed by atoms with Crippen LogP contribution in [0, 0.1) is 111 Å². The minimum atomic E-state index is -0.189. The van der Waals surface area contributed by atoms with E-state index >= 15 is 0 Å². The van der Waals surface area contributed by atoms with E-state index in [-0.39, 0.29) is 80.4 Å². The normalized spacial score (nSPS) is 13.9. The second kappa shape index (κ2) is 32.8. The Hall–Kier alpha value is 0.198. The Morgan fingerprint density at radius 3 is 1.37 bits per heavy atom. The van der Waals surface area contributed by atoms with Crippen molar-refractivity contribution in [1.29, 1.82) is 0 Å². The van der Waals surface area contributed by atoms with Gasteiger partial charge in [0.1, 0.15) is 0 Å². The average Bonchev–Trinajstić information content (AvgIpc) is 3.09. The molecule has 2 atom stereocenters. The van der Waals surface area contributed by atoms with Crippen LogP contribution in [0.15, 0.2) is 0 Å². The van der Waals surface area contributed by atoms with Crippen molar-refractivity contribution in [2.45, 2.75) is 201 Å². The van der Waals surface area contributed by atoms with Gasteiger partial charge < -0.3 is 33.1 Å².